The van der Waals surface area contributed by atoms with Gasteiger partial charge in [0.2, 0.25) is 5.91 Å². The second-order valence-electron chi connectivity index (χ2n) is 8.09. The molecule has 1 aliphatic heterocycles. The number of aliphatic hydroxyl groups excluding tert-OH is 1. The molecule has 0 radical (unpaired) electrons. The van der Waals surface area contributed by atoms with E-state index in [1.165, 1.54) is 6.42 Å². The molecule has 0 aromatic carbocycles. The lowest BCUT2D eigenvalue weighted by atomic mass is 9.76. The van der Waals surface area contributed by atoms with Crippen molar-refractivity contribution in [3.8, 4) is 0 Å². The van der Waals surface area contributed by atoms with Gasteiger partial charge in [0.1, 0.15) is 0 Å². The van der Waals surface area contributed by atoms with Crippen molar-refractivity contribution in [2.24, 2.45) is 23.7 Å². The third-order valence-electron chi connectivity index (χ3n) is 5.77. The van der Waals surface area contributed by atoms with E-state index in [4.69, 9.17) is 0 Å². The summed E-state index contributed by atoms with van der Waals surface area (Å²) in [5.74, 6) is 2.73. The molecule has 2 atom stereocenters. The Morgan fingerprint density at radius 2 is 1.92 bits per heavy atom. The lowest BCUT2D eigenvalue weighted by molar-refractivity contribution is -0.121. The topological polar surface area (TPSA) is 65.5 Å². The second-order valence-corrected chi connectivity index (χ2v) is 8.09. The van der Waals surface area contributed by atoms with E-state index in [-0.39, 0.29) is 18.4 Å². The van der Waals surface area contributed by atoms with Gasteiger partial charge in [-0.25, -0.2) is 4.98 Å². The smallest absolute Gasteiger partial charge is 0.227 e. The summed E-state index contributed by atoms with van der Waals surface area (Å²) >= 11 is 0. The van der Waals surface area contributed by atoms with Gasteiger partial charge in [-0.1, -0.05) is 13.8 Å². The zero-order valence-corrected chi connectivity index (χ0v) is 15.4. The highest BCUT2D eigenvalue weighted by Gasteiger charge is 2.30. The fraction of sp³-hybridized carbons (Fsp3) is 0.700. The monoisotopic (exact) mass is 345 g/mol. The SMILES string of the molecule is CC1CC(C)CC(C(=O)Nc2cccnc2N2CCC(CO)CC2)C1. The van der Waals surface area contributed by atoms with Gasteiger partial charge in [-0.15, -0.1) is 0 Å². The number of amides is 1. The number of aromatic nitrogens is 1. The molecule has 5 nitrogen and oxygen atoms in total. The van der Waals surface area contributed by atoms with Crippen LogP contribution in [0.1, 0.15) is 46.0 Å². The molecule has 138 valence electrons. The first-order valence-electron chi connectivity index (χ1n) is 9.68. The number of hydrogen-bond acceptors (Lipinski definition) is 4. The predicted molar refractivity (Wildman–Crippen MR) is 101 cm³/mol. The van der Waals surface area contributed by atoms with Gasteiger partial charge in [-0.05, 0) is 62.0 Å². The van der Waals surface area contributed by atoms with E-state index in [1.807, 2.05) is 12.1 Å². The number of carbonyl (C=O) groups is 1. The number of pyridine rings is 1. The van der Waals surface area contributed by atoms with E-state index in [2.05, 4.69) is 29.0 Å². The van der Waals surface area contributed by atoms with Crippen LogP contribution in [0.5, 0.6) is 0 Å². The Hall–Kier alpha value is -1.62. The molecule has 1 aliphatic carbocycles. The van der Waals surface area contributed by atoms with Crippen molar-refractivity contribution in [2.75, 3.05) is 29.9 Å². The van der Waals surface area contributed by atoms with Gasteiger partial charge in [-0.2, -0.15) is 0 Å². The predicted octanol–water partition coefficient (Wildman–Crippen LogP) is 3.30. The number of aliphatic hydroxyl groups is 1. The lowest BCUT2D eigenvalue weighted by Crippen LogP contribution is -2.36. The summed E-state index contributed by atoms with van der Waals surface area (Å²) in [4.78, 5) is 19.6. The number of nitrogens with one attached hydrogen (secondary N) is 1. The minimum Gasteiger partial charge on any atom is -0.396 e. The number of carbonyl (C=O) groups excluding carboxylic acids is 1. The molecule has 2 N–H and O–H groups in total. The van der Waals surface area contributed by atoms with Crippen LogP contribution in [-0.4, -0.2) is 35.7 Å². The first-order chi connectivity index (χ1) is 12.1. The zero-order chi connectivity index (χ0) is 17.8. The van der Waals surface area contributed by atoms with Crippen LogP contribution in [0.3, 0.4) is 0 Å². The van der Waals surface area contributed by atoms with E-state index in [1.54, 1.807) is 6.20 Å². The Kier molecular flexibility index (Phi) is 5.94. The van der Waals surface area contributed by atoms with Crippen molar-refractivity contribution in [1.82, 2.24) is 4.98 Å². The van der Waals surface area contributed by atoms with Crippen molar-refractivity contribution in [1.29, 1.82) is 0 Å². The average Bonchev–Trinajstić information content (AvgIpc) is 2.61. The van der Waals surface area contributed by atoms with Crippen LogP contribution >= 0.6 is 0 Å². The molecule has 2 fully saturated rings. The number of hydrogen-bond donors (Lipinski definition) is 2. The number of anilines is 2. The Morgan fingerprint density at radius 3 is 2.56 bits per heavy atom. The molecule has 5 heteroatoms. The molecular weight excluding hydrogens is 314 g/mol. The first kappa shape index (κ1) is 18.2. The van der Waals surface area contributed by atoms with Gasteiger partial charge in [0, 0.05) is 31.8 Å². The van der Waals surface area contributed by atoms with Crippen molar-refractivity contribution < 1.29 is 9.90 Å². The van der Waals surface area contributed by atoms with Crippen LogP contribution in [0.2, 0.25) is 0 Å². The fourth-order valence-electron chi connectivity index (χ4n) is 4.47. The summed E-state index contributed by atoms with van der Waals surface area (Å²) in [6, 6.07) is 3.83. The summed E-state index contributed by atoms with van der Waals surface area (Å²) in [6.07, 6.45) is 6.91. The molecule has 0 spiro atoms. The van der Waals surface area contributed by atoms with Crippen LogP contribution in [0.25, 0.3) is 0 Å². The van der Waals surface area contributed by atoms with Gasteiger partial charge < -0.3 is 15.3 Å². The molecule has 2 unspecified atom stereocenters. The Bertz CT molecular complexity index is 574. The summed E-state index contributed by atoms with van der Waals surface area (Å²) in [5, 5.41) is 12.5. The maximum Gasteiger partial charge on any atom is 0.227 e. The summed E-state index contributed by atoms with van der Waals surface area (Å²) < 4.78 is 0. The highest BCUT2D eigenvalue weighted by Crippen LogP contribution is 2.34. The number of piperidine rings is 1. The molecule has 25 heavy (non-hydrogen) atoms. The van der Waals surface area contributed by atoms with Crippen molar-refractivity contribution in [2.45, 2.75) is 46.0 Å². The van der Waals surface area contributed by atoms with Gasteiger partial charge in [0.15, 0.2) is 5.82 Å². The number of rotatable bonds is 4. The second kappa shape index (κ2) is 8.17. The first-order valence-corrected chi connectivity index (χ1v) is 9.68. The van der Waals surface area contributed by atoms with Gasteiger partial charge >= 0.3 is 0 Å². The van der Waals surface area contributed by atoms with Crippen LogP contribution in [0, 0.1) is 23.7 Å². The quantitative estimate of drug-likeness (QED) is 0.879. The maximum atomic E-state index is 12.8. The van der Waals surface area contributed by atoms with Crippen molar-refractivity contribution in [3.05, 3.63) is 18.3 Å². The minimum atomic E-state index is 0.104. The van der Waals surface area contributed by atoms with E-state index in [9.17, 15) is 9.90 Å². The Morgan fingerprint density at radius 1 is 1.24 bits per heavy atom. The van der Waals surface area contributed by atoms with Crippen molar-refractivity contribution >= 4 is 17.4 Å². The van der Waals surface area contributed by atoms with Crippen LogP contribution in [0.4, 0.5) is 11.5 Å². The molecule has 1 amide bonds. The molecule has 1 aromatic heterocycles. The third-order valence-corrected chi connectivity index (χ3v) is 5.77. The molecule has 1 saturated heterocycles. The molecule has 1 saturated carbocycles. The lowest BCUT2D eigenvalue weighted by Gasteiger charge is -2.34. The van der Waals surface area contributed by atoms with E-state index in [0.29, 0.717) is 17.8 Å². The van der Waals surface area contributed by atoms with Gasteiger partial charge in [0.05, 0.1) is 5.69 Å². The minimum absolute atomic E-state index is 0.104. The maximum absolute atomic E-state index is 12.8. The molecule has 2 aliphatic rings. The summed E-state index contributed by atoms with van der Waals surface area (Å²) in [7, 11) is 0. The highest BCUT2D eigenvalue weighted by atomic mass is 16.3. The molecule has 0 bridgehead atoms. The van der Waals surface area contributed by atoms with Crippen LogP contribution in [0.15, 0.2) is 18.3 Å². The van der Waals surface area contributed by atoms with E-state index < -0.39 is 0 Å². The van der Waals surface area contributed by atoms with Crippen molar-refractivity contribution in [3.63, 3.8) is 0 Å². The Balaban J connectivity index is 1.68. The molecule has 2 heterocycles. The highest BCUT2D eigenvalue weighted by molar-refractivity contribution is 5.95. The largest absolute Gasteiger partial charge is 0.396 e. The van der Waals surface area contributed by atoms with E-state index >= 15 is 0 Å². The fourth-order valence-corrected chi connectivity index (χ4v) is 4.47. The summed E-state index contributed by atoms with van der Waals surface area (Å²) in [6.45, 7) is 6.51. The standard InChI is InChI=1S/C20H31N3O2/c1-14-10-15(2)12-17(11-14)20(25)22-18-4-3-7-21-19(18)23-8-5-16(13-24)6-9-23/h3-4,7,14-17,24H,5-6,8-13H2,1-2H3,(H,22,25). The van der Waals surface area contributed by atoms with Crippen LogP contribution < -0.4 is 10.2 Å². The normalized spacial score (nSPS) is 28.0. The van der Waals surface area contributed by atoms with Gasteiger partial charge in [-0.3, -0.25) is 4.79 Å². The molecular formula is C20H31N3O2. The summed E-state index contributed by atoms with van der Waals surface area (Å²) in [5.41, 5.74) is 0.820. The average molecular weight is 345 g/mol. The van der Waals surface area contributed by atoms with Gasteiger partial charge in [0.25, 0.3) is 0 Å². The Labute approximate surface area is 150 Å². The van der Waals surface area contributed by atoms with Crippen LogP contribution in [-0.2, 0) is 4.79 Å². The molecule has 3 rings (SSSR count). The number of nitrogens with zero attached hydrogens (tertiary/aromatic N) is 2. The van der Waals surface area contributed by atoms with E-state index in [0.717, 1.165) is 50.3 Å². The zero-order valence-electron chi connectivity index (χ0n) is 15.4. The third kappa shape index (κ3) is 4.51. The molecule has 1 aromatic rings.